The maximum atomic E-state index is 13.4. The van der Waals surface area contributed by atoms with Crippen molar-refractivity contribution in [3.05, 3.63) is 47.1 Å². The SMILES string of the molecule is CN1C(=O)C2(CC3(CCCOC3)Oc3ccc(-c4cccc(Cl)n4)cc32)N=C1N. The number of aliphatic imine (C=N–C) groups is 1. The lowest BCUT2D eigenvalue weighted by Gasteiger charge is -2.46. The van der Waals surface area contributed by atoms with Gasteiger partial charge in [0.2, 0.25) is 0 Å². The topological polar surface area (TPSA) is 90.0 Å². The molecule has 2 unspecified atom stereocenters. The minimum absolute atomic E-state index is 0.152. The predicted molar refractivity (Wildman–Crippen MR) is 109 cm³/mol. The third-order valence-corrected chi connectivity index (χ3v) is 6.14. The minimum atomic E-state index is -1.12. The molecule has 150 valence electrons. The van der Waals surface area contributed by atoms with Gasteiger partial charge < -0.3 is 15.2 Å². The first-order valence-electron chi connectivity index (χ1n) is 9.60. The van der Waals surface area contributed by atoms with Gasteiger partial charge in [-0.1, -0.05) is 17.7 Å². The highest BCUT2D eigenvalue weighted by molar-refractivity contribution is 6.29. The van der Waals surface area contributed by atoms with E-state index in [-0.39, 0.29) is 11.9 Å². The Morgan fingerprint density at radius 3 is 2.83 bits per heavy atom. The molecule has 29 heavy (non-hydrogen) atoms. The van der Waals surface area contributed by atoms with Crippen molar-refractivity contribution < 1.29 is 14.3 Å². The average Bonchev–Trinajstić information content (AvgIpc) is 2.92. The number of hydrogen-bond acceptors (Lipinski definition) is 6. The molecule has 1 amide bonds. The number of nitrogens with two attached hydrogens (primary N) is 1. The molecule has 3 aliphatic rings. The van der Waals surface area contributed by atoms with E-state index in [0.717, 1.165) is 18.4 Å². The van der Waals surface area contributed by atoms with Gasteiger partial charge in [0.1, 0.15) is 16.5 Å². The lowest BCUT2D eigenvalue weighted by Crippen LogP contribution is -2.55. The minimum Gasteiger partial charge on any atom is -0.484 e. The van der Waals surface area contributed by atoms with Crippen LogP contribution in [-0.2, 0) is 15.1 Å². The van der Waals surface area contributed by atoms with Crippen LogP contribution in [0.25, 0.3) is 11.3 Å². The fourth-order valence-corrected chi connectivity index (χ4v) is 4.70. The van der Waals surface area contributed by atoms with Gasteiger partial charge in [0.25, 0.3) is 5.91 Å². The largest absolute Gasteiger partial charge is 0.484 e. The Bertz CT molecular complexity index is 1030. The van der Waals surface area contributed by atoms with Gasteiger partial charge in [0.15, 0.2) is 11.5 Å². The summed E-state index contributed by atoms with van der Waals surface area (Å²) in [5, 5.41) is 0.406. The number of carbonyl (C=O) groups excluding carboxylic acids is 1. The second kappa shape index (κ2) is 6.43. The molecule has 2 aromatic rings. The van der Waals surface area contributed by atoms with Gasteiger partial charge in [-0.05, 0) is 43.2 Å². The zero-order valence-electron chi connectivity index (χ0n) is 16.0. The summed E-state index contributed by atoms with van der Waals surface area (Å²) in [6, 6.07) is 11.2. The van der Waals surface area contributed by atoms with E-state index in [1.807, 2.05) is 30.3 Å². The molecule has 0 aliphatic carbocycles. The average molecular weight is 413 g/mol. The maximum Gasteiger partial charge on any atom is 0.261 e. The van der Waals surface area contributed by atoms with Gasteiger partial charge in [-0.3, -0.25) is 9.69 Å². The van der Waals surface area contributed by atoms with Gasteiger partial charge in [-0.15, -0.1) is 0 Å². The highest BCUT2D eigenvalue weighted by Gasteiger charge is 2.58. The van der Waals surface area contributed by atoms with E-state index >= 15 is 0 Å². The van der Waals surface area contributed by atoms with Gasteiger partial charge in [0, 0.05) is 31.2 Å². The molecule has 2 spiro atoms. The molecule has 1 saturated heterocycles. The molecular formula is C21H21ClN4O3. The Morgan fingerprint density at radius 1 is 1.28 bits per heavy atom. The Balaban J connectivity index is 1.69. The normalized spacial score (nSPS) is 28.4. The van der Waals surface area contributed by atoms with Crippen LogP contribution in [0.1, 0.15) is 24.8 Å². The number of amides is 1. The lowest BCUT2D eigenvalue weighted by atomic mass is 9.74. The summed E-state index contributed by atoms with van der Waals surface area (Å²) in [5.41, 5.74) is 6.61. The Labute approximate surface area is 173 Å². The van der Waals surface area contributed by atoms with Crippen molar-refractivity contribution in [2.45, 2.75) is 30.4 Å². The molecule has 0 bridgehead atoms. The molecule has 2 atom stereocenters. The molecule has 5 rings (SSSR count). The smallest absolute Gasteiger partial charge is 0.261 e. The molecule has 4 heterocycles. The van der Waals surface area contributed by atoms with Crippen LogP contribution in [0.3, 0.4) is 0 Å². The molecule has 3 aliphatic heterocycles. The standard InChI is InChI=1S/C21H21ClN4O3/c1-26-18(27)21(25-19(26)23)11-20(8-3-9-28-12-20)29-16-7-6-13(10-14(16)21)15-4-2-5-17(22)24-15/h2,4-7,10H,3,8-9,11-12H2,1H3,(H2,23,25). The summed E-state index contributed by atoms with van der Waals surface area (Å²) in [4.78, 5) is 23.9. The third kappa shape index (κ3) is 2.80. The molecule has 1 aromatic carbocycles. The number of ether oxygens (including phenoxy) is 2. The number of aromatic nitrogens is 1. The highest BCUT2D eigenvalue weighted by atomic mass is 35.5. The van der Waals surface area contributed by atoms with E-state index in [9.17, 15) is 4.79 Å². The zero-order valence-corrected chi connectivity index (χ0v) is 16.8. The van der Waals surface area contributed by atoms with Gasteiger partial charge in [-0.25, -0.2) is 9.98 Å². The number of halogens is 1. The molecule has 8 heteroatoms. The number of hydrogen-bond donors (Lipinski definition) is 1. The number of likely N-dealkylation sites (N-methyl/N-ethyl adjacent to an activating group) is 1. The fraction of sp³-hybridized carbons (Fsp3) is 0.381. The quantitative estimate of drug-likeness (QED) is 0.727. The lowest BCUT2D eigenvalue weighted by molar-refractivity contribution is -0.139. The van der Waals surface area contributed by atoms with Crippen molar-refractivity contribution in [2.75, 3.05) is 20.3 Å². The number of pyridine rings is 1. The first kappa shape index (κ1) is 18.4. The van der Waals surface area contributed by atoms with Crippen LogP contribution in [0, 0.1) is 0 Å². The van der Waals surface area contributed by atoms with Gasteiger partial charge in [-0.2, -0.15) is 0 Å². The fourth-order valence-electron chi connectivity index (χ4n) is 4.54. The van der Waals surface area contributed by atoms with Gasteiger partial charge >= 0.3 is 0 Å². The van der Waals surface area contributed by atoms with Crippen LogP contribution < -0.4 is 10.5 Å². The summed E-state index contributed by atoms with van der Waals surface area (Å²) in [5.74, 6) is 0.689. The van der Waals surface area contributed by atoms with Crippen LogP contribution >= 0.6 is 11.6 Å². The predicted octanol–water partition coefficient (Wildman–Crippen LogP) is 2.72. The summed E-state index contributed by atoms with van der Waals surface area (Å²) in [6.07, 6.45) is 2.07. The molecule has 7 nitrogen and oxygen atoms in total. The van der Waals surface area contributed by atoms with E-state index < -0.39 is 11.1 Å². The zero-order chi connectivity index (χ0) is 20.2. The van der Waals surface area contributed by atoms with Crippen LogP contribution in [0.5, 0.6) is 5.75 Å². The van der Waals surface area contributed by atoms with E-state index in [0.29, 0.717) is 41.8 Å². The van der Waals surface area contributed by atoms with Crippen molar-refractivity contribution in [1.29, 1.82) is 0 Å². The van der Waals surface area contributed by atoms with E-state index in [1.54, 1.807) is 13.1 Å². The van der Waals surface area contributed by atoms with Crippen LogP contribution in [0.15, 0.2) is 41.4 Å². The van der Waals surface area contributed by atoms with Crippen molar-refractivity contribution in [1.82, 2.24) is 9.88 Å². The van der Waals surface area contributed by atoms with Crippen molar-refractivity contribution >= 4 is 23.5 Å². The van der Waals surface area contributed by atoms with E-state index in [4.69, 9.17) is 26.8 Å². The van der Waals surface area contributed by atoms with Crippen molar-refractivity contribution in [3.8, 4) is 17.0 Å². The Hall–Kier alpha value is -2.64. The van der Waals surface area contributed by atoms with Crippen molar-refractivity contribution in [3.63, 3.8) is 0 Å². The Kier molecular flexibility index (Phi) is 4.08. The summed E-state index contributed by atoms with van der Waals surface area (Å²) < 4.78 is 12.1. The third-order valence-electron chi connectivity index (χ3n) is 5.93. The second-order valence-corrected chi connectivity index (χ2v) is 8.26. The molecule has 0 radical (unpaired) electrons. The van der Waals surface area contributed by atoms with Gasteiger partial charge in [0.05, 0.1) is 12.3 Å². The number of nitrogens with zero attached hydrogens (tertiary/aromatic N) is 3. The second-order valence-electron chi connectivity index (χ2n) is 7.87. The summed E-state index contributed by atoms with van der Waals surface area (Å²) in [6.45, 7) is 1.13. The first-order chi connectivity index (χ1) is 13.9. The Morgan fingerprint density at radius 2 is 2.14 bits per heavy atom. The molecular weight excluding hydrogens is 392 g/mol. The summed E-state index contributed by atoms with van der Waals surface area (Å²) in [7, 11) is 1.65. The molecule has 2 N–H and O–H groups in total. The number of rotatable bonds is 1. The monoisotopic (exact) mass is 412 g/mol. The van der Waals surface area contributed by atoms with Crippen LogP contribution in [-0.4, -0.2) is 47.6 Å². The number of fused-ring (bicyclic) bond motifs is 2. The maximum absolute atomic E-state index is 13.4. The number of guanidine groups is 1. The van der Waals surface area contributed by atoms with E-state index in [2.05, 4.69) is 9.98 Å². The van der Waals surface area contributed by atoms with Crippen LogP contribution in [0.2, 0.25) is 5.15 Å². The van der Waals surface area contributed by atoms with Crippen molar-refractivity contribution in [2.24, 2.45) is 10.7 Å². The summed E-state index contributed by atoms with van der Waals surface area (Å²) >= 11 is 6.07. The molecule has 1 aromatic heterocycles. The first-order valence-corrected chi connectivity index (χ1v) is 9.98. The number of benzene rings is 1. The highest BCUT2D eigenvalue weighted by Crippen LogP contribution is 2.51. The van der Waals surface area contributed by atoms with Crippen LogP contribution in [0.4, 0.5) is 0 Å². The van der Waals surface area contributed by atoms with E-state index in [1.165, 1.54) is 4.90 Å². The number of carbonyl (C=O) groups is 1. The molecule has 0 saturated carbocycles. The molecule has 1 fully saturated rings.